The first-order valence-corrected chi connectivity index (χ1v) is 10.7. The number of amidine groups is 1. The molecule has 2 amide bonds. The molecule has 2 aromatic carbocycles. The normalized spacial score (nSPS) is 15.5. The Morgan fingerprint density at radius 1 is 1.06 bits per heavy atom. The highest BCUT2D eigenvalue weighted by Crippen LogP contribution is 2.42. The summed E-state index contributed by atoms with van der Waals surface area (Å²) >= 11 is 0. The number of anilines is 1. The molecule has 0 bridgehead atoms. The van der Waals surface area contributed by atoms with E-state index in [1.165, 1.54) is 4.90 Å². The second-order valence-electron chi connectivity index (χ2n) is 8.03. The van der Waals surface area contributed by atoms with Crippen LogP contribution in [0.3, 0.4) is 0 Å². The molecule has 0 saturated carbocycles. The zero-order valence-electron chi connectivity index (χ0n) is 18.7. The summed E-state index contributed by atoms with van der Waals surface area (Å²) in [5, 5.41) is 2.92. The van der Waals surface area contributed by atoms with Crippen LogP contribution in [0.15, 0.2) is 41.4 Å². The fraction of sp³-hybridized carbons (Fsp3) is 0.375. The molecule has 4 rings (SSSR count). The Kier molecular flexibility index (Phi) is 6.41. The van der Waals surface area contributed by atoms with Gasteiger partial charge in [-0.25, -0.2) is 4.99 Å². The number of benzene rings is 2. The topological polar surface area (TPSA) is 83.5 Å². The Morgan fingerprint density at radius 2 is 1.81 bits per heavy atom. The Balaban J connectivity index is 1.54. The quantitative estimate of drug-likeness (QED) is 0.797. The highest BCUT2D eigenvalue weighted by molar-refractivity contribution is 6.10. The number of rotatable bonds is 4. The van der Waals surface area contributed by atoms with Crippen molar-refractivity contribution in [2.24, 2.45) is 4.99 Å². The second kappa shape index (κ2) is 9.40. The van der Waals surface area contributed by atoms with Crippen molar-refractivity contribution in [1.82, 2.24) is 10.2 Å². The average molecular weight is 437 g/mol. The predicted molar refractivity (Wildman–Crippen MR) is 123 cm³/mol. The van der Waals surface area contributed by atoms with Crippen LogP contribution >= 0.6 is 0 Å². The van der Waals surface area contributed by atoms with Crippen molar-refractivity contribution < 1.29 is 19.1 Å². The van der Waals surface area contributed by atoms with Gasteiger partial charge < -0.3 is 24.6 Å². The van der Waals surface area contributed by atoms with E-state index in [-0.39, 0.29) is 11.8 Å². The standard InChI is InChI=1S/C24H28N4O4/c1-27(2)24(30)17-7-5-16(6-8-17)23(29)26-21-15-18-20(31-3)10-9-19(22(18)25-21)28-11-4-13-32-14-12-28/h5-10H,4,11-15H2,1-3H3,(H,25,26,29). The first-order valence-electron chi connectivity index (χ1n) is 10.7. The molecule has 2 aliphatic rings. The number of carbonyl (C=O) groups is 2. The molecule has 1 fully saturated rings. The highest BCUT2D eigenvalue weighted by atomic mass is 16.5. The molecule has 1 saturated heterocycles. The van der Waals surface area contributed by atoms with Crippen molar-refractivity contribution in [1.29, 1.82) is 0 Å². The van der Waals surface area contributed by atoms with Gasteiger partial charge in [0.25, 0.3) is 11.8 Å². The summed E-state index contributed by atoms with van der Waals surface area (Å²) in [4.78, 5) is 33.4. The molecule has 168 valence electrons. The Labute approximate surface area is 187 Å². The molecular weight excluding hydrogens is 408 g/mol. The Morgan fingerprint density at radius 3 is 2.53 bits per heavy atom. The van der Waals surface area contributed by atoms with Crippen LogP contribution in [-0.4, -0.2) is 70.1 Å². The summed E-state index contributed by atoms with van der Waals surface area (Å²) in [5.74, 6) is 0.972. The molecule has 0 radical (unpaired) electrons. The van der Waals surface area contributed by atoms with Crippen molar-refractivity contribution in [3.05, 3.63) is 53.1 Å². The lowest BCUT2D eigenvalue weighted by Crippen LogP contribution is -2.30. The lowest BCUT2D eigenvalue weighted by molar-refractivity contribution is 0.0826. The van der Waals surface area contributed by atoms with Gasteiger partial charge in [0.05, 0.1) is 25.1 Å². The molecule has 0 unspecified atom stereocenters. The van der Waals surface area contributed by atoms with E-state index in [1.807, 2.05) is 12.1 Å². The average Bonchev–Trinajstić information content (AvgIpc) is 3.03. The van der Waals surface area contributed by atoms with Crippen LogP contribution in [-0.2, 0) is 11.2 Å². The van der Waals surface area contributed by atoms with Crippen LogP contribution in [0.4, 0.5) is 11.4 Å². The largest absolute Gasteiger partial charge is 0.496 e. The summed E-state index contributed by atoms with van der Waals surface area (Å²) in [5.41, 5.74) is 3.84. The van der Waals surface area contributed by atoms with E-state index in [2.05, 4.69) is 10.2 Å². The third kappa shape index (κ3) is 4.45. The zero-order valence-corrected chi connectivity index (χ0v) is 18.7. The van der Waals surface area contributed by atoms with E-state index in [0.717, 1.165) is 48.8 Å². The molecule has 0 aromatic heterocycles. The molecule has 0 aliphatic carbocycles. The minimum Gasteiger partial charge on any atom is -0.496 e. The van der Waals surface area contributed by atoms with Crippen molar-refractivity contribution in [3.8, 4) is 5.75 Å². The van der Waals surface area contributed by atoms with Gasteiger partial charge in [-0.3, -0.25) is 9.59 Å². The third-order valence-electron chi connectivity index (χ3n) is 5.65. The van der Waals surface area contributed by atoms with Crippen LogP contribution in [0.25, 0.3) is 0 Å². The maximum absolute atomic E-state index is 12.8. The number of hydrogen-bond donors (Lipinski definition) is 1. The smallest absolute Gasteiger partial charge is 0.256 e. The molecule has 0 atom stereocenters. The number of amides is 2. The molecule has 8 nitrogen and oxygen atoms in total. The summed E-state index contributed by atoms with van der Waals surface area (Å²) < 4.78 is 11.1. The molecule has 32 heavy (non-hydrogen) atoms. The zero-order chi connectivity index (χ0) is 22.7. The number of aliphatic imine (C=N–C) groups is 1. The first-order chi connectivity index (χ1) is 15.5. The summed E-state index contributed by atoms with van der Waals surface area (Å²) in [6.07, 6.45) is 1.44. The minimum atomic E-state index is -0.260. The fourth-order valence-corrected chi connectivity index (χ4v) is 3.97. The van der Waals surface area contributed by atoms with Crippen LogP contribution in [0, 0.1) is 0 Å². The monoisotopic (exact) mass is 436 g/mol. The van der Waals surface area contributed by atoms with Crippen LogP contribution in [0.5, 0.6) is 5.75 Å². The second-order valence-corrected chi connectivity index (χ2v) is 8.03. The number of nitrogens with one attached hydrogen (secondary N) is 1. The van der Waals surface area contributed by atoms with Gasteiger partial charge in [-0.15, -0.1) is 0 Å². The van der Waals surface area contributed by atoms with Crippen molar-refractivity contribution in [3.63, 3.8) is 0 Å². The van der Waals surface area contributed by atoms with Crippen molar-refractivity contribution >= 4 is 29.0 Å². The molecule has 2 aliphatic heterocycles. The van der Waals surface area contributed by atoms with E-state index in [4.69, 9.17) is 14.5 Å². The van der Waals surface area contributed by atoms with Gasteiger partial charge in [-0.1, -0.05) is 0 Å². The maximum Gasteiger partial charge on any atom is 0.256 e. The van der Waals surface area contributed by atoms with Gasteiger partial charge in [0.1, 0.15) is 11.6 Å². The van der Waals surface area contributed by atoms with E-state index in [0.29, 0.717) is 30.0 Å². The molecule has 1 N–H and O–H groups in total. The molecule has 8 heteroatoms. The number of nitrogens with zero attached hydrogens (tertiary/aromatic N) is 3. The van der Waals surface area contributed by atoms with E-state index in [9.17, 15) is 9.59 Å². The molecule has 2 aromatic rings. The first kappa shape index (κ1) is 21.8. The van der Waals surface area contributed by atoms with Gasteiger partial charge >= 0.3 is 0 Å². The van der Waals surface area contributed by atoms with Gasteiger partial charge in [-0.2, -0.15) is 0 Å². The highest BCUT2D eigenvalue weighted by Gasteiger charge is 2.26. The summed E-state index contributed by atoms with van der Waals surface area (Å²) in [6.45, 7) is 3.14. The van der Waals surface area contributed by atoms with Crippen LogP contribution < -0.4 is 15.0 Å². The molecular formula is C24H28N4O4. The molecule has 0 spiro atoms. The lowest BCUT2D eigenvalue weighted by atomic mass is 10.1. The van der Waals surface area contributed by atoms with Gasteiger partial charge in [-0.05, 0) is 42.8 Å². The predicted octanol–water partition coefficient (Wildman–Crippen LogP) is 2.64. The van der Waals surface area contributed by atoms with Gasteiger partial charge in [0, 0.05) is 56.9 Å². The van der Waals surface area contributed by atoms with Gasteiger partial charge in [0.2, 0.25) is 0 Å². The Hall–Kier alpha value is -3.39. The molecule has 2 heterocycles. The number of methoxy groups -OCH3 is 1. The number of hydrogen-bond acceptors (Lipinski definition) is 6. The maximum atomic E-state index is 12.8. The number of carbonyl (C=O) groups excluding carboxylic acids is 2. The van der Waals surface area contributed by atoms with Crippen LogP contribution in [0.1, 0.15) is 32.7 Å². The van der Waals surface area contributed by atoms with Crippen molar-refractivity contribution in [2.45, 2.75) is 12.8 Å². The van der Waals surface area contributed by atoms with E-state index in [1.54, 1.807) is 45.5 Å². The number of fused-ring (bicyclic) bond motifs is 1. The van der Waals surface area contributed by atoms with E-state index >= 15 is 0 Å². The van der Waals surface area contributed by atoms with Crippen molar-refractivity contribution in [2.75, 3.05) is 52.4 Å². The van der Waals surface area contributed by atoms with Crippen LogP contribution in [0.2, 0.25) is 0 Å². The lowest BCUT2D eigenvalue weighted by Gasteiger charge is -2.24. The fourth-order valence-electron chi connectivity index (χ4n) is 3.97. The SMILES string of the molecule is COc1ccc(N2CCCOCC2)c2c1CC(NC(=O)c1ccc(C(=O)N(C)C)cc1)=N2. The summed E-state index contributed by atoms with van der Waals surface area (Å²) in [7, 11) is 5.03. The van der Waals surface area contributed by atoms with Gasteiger partial charge in [0.15, 0.2) is 0 Å². The van der Waals surface area contributed by atoms with E-state index < -0.39 is 0 Å². The third-order valence-corrected chi connectivity index (χ3v) is 5.65. The minimum absolute atomic E-state index is 0.105. The summed E-state index contributed by atoms with van der Waals surface area (Å²) in [6, 6.07) is 10.6. The number of ether oxygens (including phenoxy) is 2. The Bertz CT molecular complexity index is 1040.